The Hall–Kier alpha value is -2.10. The van der Waals surface area contributed by atoms with Crippen LogP contribution in [0.2, 0.25) is 0 Å². The van der Waals surface area contributed by atoms with E-state index in [9.17, 15) is 22.4 Å². The highest BCUT2D eigenvalue weighted by Gasteiger charge is 2.31. The van der Waals surface area contributed by atoms with Crippen LogP contribution in [0, 0.1) is 11.7 Å². The molecule has 1 aromatic heterocycles. The van der Waals surface area contributed by atoms with Gasteiger partial charge in [-0.1, -0.05) is 0 Å². The van der Waals surface area contributed by atoms with Gasteiger partial charge in [-0.15, -0.1) is 24.8 Å². The van der Waals surface area contributed by atoms with E-state index in [1.807, 2.05) is 0 Å². The number of hydrogen-bond acceptors (Lipinski definition) is 4. The molecule has 1 fully saturated rings. The lowest BCUT2D eigenvalue weighted by atomic mass is 10.1. The number of carbonyl (C=O) groups is 1. The number of carbonyl (C=O) groups excluding carboxylic acids is 1. The zero-order valence-corrected chi connectivity index (χ0v) is 16.5. The first-order valence-electron chi connectivity index (χ1n) is 8.29. The number of alkyl halides is 3. The first-order chi connectivity index (χ1) is 12.7. The molecule has 1 saturated carbocycles. The molecule has 2 aromatic rings. The van der Waals surface area contributed by atoms with E-state index in [0.29, 0.717) is 19.0 Å². The summed E-state index contributed by atoms with van der Waals surface area (Å²) in [6.07, 6.45) is -1.85. The molecule has 1 aromatic carbocycles. The average molecular weight is 456 g/mol. The van der Waals surface area contributed by atoms with Crippen LogP contribution in [0.5, 0.6) is 11.6 Å². The summed E-state index contributed by atoms with van der Waals surface area (Å²) in [6.45, 7) is 0. The minimum absolute atomic E-state index is 0. The average Bonchev–Trinajstić information content (AvgIpc) is 3.04. The summed E-state index contributed by atoms with van der Waals surface area (Å²) in [6, 6.07) is 5.58. The Morgan fingerprint density at radius 2 is 1.90 bits per heavy atom. The maximum Gasteiger partial charge on any atom is 0.417 e. The second-order valence-electron chi connectivity index (χ2n) is 6.39. The van der Waals surface area contributed by atoms with Crippen molar-refractivity contribution in [1.29, 1.82) is 0 Å². The summed E-state index contributed by atoms with van der Waals surface area (Å²) in [5.74, 6) is -1.60. The highest BCUT2D eigenvalue weighted by atomic mass is 35.5. The molecule has 0 bridgehead atoms. The molecular weight excluding hydrogens is 437 g/mol. The second kappa shape index (κ2) is 10.1. The zero-order valence-electron chi connectivity index (χ0n) is 14.9. The van der Waals surface area contributed by atoms with Crippen molar-refractivity contribution in [3.05, 3.63) is 47.9 Å². The van der Waals surface area contributed by atoms with Gasteiger partial charge in [-0.2, -0.15) is 13.2 Å². The molecule has 0 aliphatic heterocycles. The Bertz CT molecular complexity index is 835. The van der Waals surface area contributed by atoms with E-state index in [1.54, 1.807) is 0 Å². The maximum atomic E-state index is 14.2. The molecule has 2 atom stereocenters. The van der Waals surface area contributed by atoms with E-state index in [4.69, 9.17) is 10.5 Å². The Balaban J connectivity index is 0.00000210. The van der Waals surface area contributed by atoms with Crippen molar-refractivity contribution in [3.63, 3.8) is 0 Å². The fourth-order valence-corrected chi connectivity index (χ4v) is 2.88. The third kappa shape index (κ3) is 6.45. The Kier molecular flexibility index (Phi) is 8.67. The maximum absolute atomic E-state index is 14.2. The van der Waals surface area contributed by atoms with E-state index in [1.165, 1.54) is 12.1 Å². The van der Waals surface area contributed by atoms with Crippen molar-refractivity contribution >= 4 is 36.4 Å². The normalized spacial score (nSPS) is 18.4. The van der Waals surface area contributed by atoms with E-state index in [-0.39, 0.29) is 60.0 Å². The molecule has 1 amide bonds. The van der Waals surface area contributed by atoms with Crippen LogP contribution in [0.4, 0.5) is 23.2 Å². The molecule has 2 unspecified atom stereocenters. The molecular formula is C18H19Cl2F4N3O2. The molecule has 0 spiro atoms. The monoisotopic (exact) mass is 455 g/mol. The molecule has 11 heteroatoms. The number of hydrogen-bond donors (Lipinski definition) is 2. The van der Waals surface area contributed by atoms with E-state index in [0.717, 1.165) is 24.6 Å². The lowest BCUT2D eigenvalue weighted by Gasteiger charge is -2.12. The topological polar surface area (TPSA) is 77.2 Å². The first-order valence-corrected chi connectivity index (χ1v) is 8.29. The number of aromatic nitrogens is 1. The van der Waals surface area contributed by atoms with Gasteiger partial charge in [0.2, 0.25) is 11.8 Å². The van der Waals surface area contributed by atoms with Gasteiger partial charge in [0.15, 0.2) is 11.6 Å². The zero-order chi connectivity index (χ0) is 19.6. The van der Waals surface area contributed by atoms with Crippen LogP contribution in [0.25, 0.3) is 0 Å². The second-order valence-corrected chi connectivity index (χ2v) is 6.39. The molecule has 29 heavy (non-hydrogen) atoms. The molecule has 0 saturated heterocycles. The van der Waals surface area contributed by atoms with Crippen molar-refractivity contribution in [2.24, 2.45) is 11.7 Å². The first kappa shape index (κ1) is 24.9. The number of ether oxygens (including phenoxy) is 1. The number of nitrogens with zero attached hydrogens (tertiary/aromatic N) is 1. The Morgan fingerprint density at radius 3 is 2.41 bits per heavy atom. The van der Waals surface area contributed by atoms with Gasteiger partial charge in [-0.05, 0) is 37.5 Å². The van der Waals surface area contributed by atoms with E-state index in [2.05, 4.69) is 10.3 Å². The fraction of sp³-hybridized carbons (Fsp3) is 0.333. The lowest BCUT2D eigenvalue weighted by molar-refractivity contribution is -0.137. The van der Waals surface area contributed by atoms with Gasteiger partial charge in [-0.3, -0.25) is 4.79 Å². The number of anilines is 1. The summed E-state index contributed by atoms with van der Waals surface area (Å²) in [7, 11) is 0. The number of rotatable bonds is 4. The third-order valence-corrected chi connectivity index (χ3v) is 4.32. The van der Waals surface area contributed by atoms with Gasteiger partial charge >= 0.3 is 6.18 Å². The smallest absolute Gasteiger partial charge is 0.417 e. The molecule has 160 valence electrons. The van der Waals surface area contributed by atoms with Crippen molar-refractivity contribution in [2.45, 2.75) is 31.5 Å². The van der Waals surface area contributed by atoms with E-state index < -0.39 is 17.6 Å². The standard InChI is InChI=1S/C18H17F4N3O2.2ClH/c19-14-8-13(25-17(26)10-1-3-12(23)7-10)4-5-15(14)27-16-6-2-11(9-24-16)18(20,21)22;;/h2,4-6,8-10,12H,1,3,7,23H2,(H,25,26);2*1H. The summed E-state index contributed by atoms with van der Waals surface area (Å²) in [5, 5.41) is 2.63. The number of benzene rings is 1. The number of nitrogens with two attached hydrogens (primary N) is 1. The van der Waals surface area contributed by atoms with Crippen molar-refractivity contribution in [1.82, 2.24) is 4.98 Å². The predicted octanol–water partition coefficient (Wildman–Crippen LogP) is 4.94. The lowest BCUT2D eigenvalue weighted by Crippen LogP contribution is -2.23. The third-order valence-electron chi connectivity index (χ3n) is 4.32. The van der Waals surface area contributed by atoms with Gasteiger partial charge in [-0.25, -0.2) is 9.37 Å². The van der Waals surface area contributed by atoms with Crippen LogP contribution in [-0.4, -0.2) is 16.9 Å². The van der Waals surface area contributed by atoms with E-state index >= 15 is 0 Å². The van der Waals surface area contributed by atoms with Crippen LogP contribution >= 0.6 is 24.8 Å². The molecule has 1 heterocycles. The summed E-state index contributed by atoms with van der Waals surface area (Å²) < 4.78 is 56.9. The molecule has 5 nitrogen and oxygen atoms in total. The fourth-order valence-electron chi connectivity index (χ4n) is 2.88. The largest absolute Gasteiger partial charge is 0.436 e. The molecule has 1 aliphatic carbocycles. The van der Waals surface area contributed by atoms with Crippen LogP contribution in [-0.2, 0) is 11.0 Å². The molecule has 1 aliphatic rings. The summed E-state index contributed by atoms with van der Waals surface area (Å²) >= 11 is 0. The van der Waals surface area contributed by atoms with Gasteiger partial charge in [0, 0.05) is 36.0 Å². The van der Waals surface area contributed by atoms with Gasteiger partial charge in [0.1, 0.15) is 0 Å². The highest BCUT2D eigenvalue weighted by molar-refractivity contribution is 5.92. The van der Waals surface area contributed by atoms with Gasteiger partial charge < -0.3 is 15.8 Å². The minimum Gasteiger partial charge on any atom is -0.436 e. The Morgan fingerprint density at radius 1 is 1.17 bits per heavy atom. The van der Waals surface area contributed by atoms with Crippen LogP contribution in [0.1, 0.15) is 24.8 Å². The van der Waals surface area contributed by atoms with Crippen molar-refractivity contribution in [2.75, 3.05) is 5.32 Å². The quantitative estimate of drug-likeness (QED) is 0.639. The summed E-state index contributed by atoms with van der Waals surface area (Å²) in [5.41, 5.74) is 5.11. The van der Waals surface area contributed by atoms with Crippen molar-refractivity contribution < 1.29 is 27.1 Å². The van der Waals surface area contributed by atoms with Gasteiger partial charge in [0.25, 0.3) is 0 Å². The minimum atomic E-state index is -4.51. The number of nitrogens with one attached hydrogen (secondary N) is 1. The predicted molar refractivity (Wildman–Crippen MR) is 104 cm³/mol. The number of pyridine rings is 1. The van der Waals surface area contributed by atoms with Crippen molar-refractivity contribution in [3.8, 4) is 11.6 Å². The molecule has 3 rings (SSSR count). The number of halogens is 6. The van der Waals surface area contributed by atoms with Gasteiger partial charge in [0.05, 0.1) is 5.56 Å². The van der Waals surface area contributed by atoms with Crippen LogP contribution in [0.3, 0.4) is 0 Å². The summed E-state index contributed by atoms with van der Waals surface area (Å²) in [4.78, 5) is 15.7. The van der Waals surface area contributed by atoms with Crippen LogP contribution < -0.4 is 15.8 Å². The SMILES string of the molecule is Cl.Cl.NC1CCC(C(=O)Nc2ccc(Oc3ccc(C(F)(F)F)cn3)c(F)c2)C1. The van der Waals surface area contributed by atoms with Crippen LogP contribution in [0.15, 0.2) is 36.5 Å². The molecule has 0 radical (unpaired) electrons. The Labute approximate surface area is 176 Å². The highest BCUT2D eigenvalue weighted by Crippen LogP contribution is 2.31. The molecule has 3 N–H and O–H groups in total. The number of amides is 1.